The van der Waals surface area contributed by atoms with Gasteiger partial charge in [-0.2, -0.15) is 0 Å². The molecule has 0 aliphatic rings. The zero-order valence-electron chi connectivity index (χ0n) is 6.13. The first-order valence-corrected chi connectivity index (χ1v) is 3.69. The van der Waals surface area contributed by atoms with Gasteiger partial charge in [0, 0.05) is 10.6 Å². The highest BCUT2D eigenvalue weighted by Crippen LogP contribution is 2.15. The molecule has 0 amide bonds. The fourth-order valence-corrected chi connectivity index (χ4v) is 0.938. The number of carbonyl (C=O) groups is 1. The first-order valence-electron chi connectivity index (χ1n) is 3.31. The zero-order chi connectivity index (χ0) is 8.97. The van der Waals surface area contributed by atoms with Gasteiger partial charge in [-0.1, -0.05) is 17.7 Å². The lowest BCUT2D eigenvalue weighted by Crippen LogP contribution is -1.80. The van der Waals surface area contributed by atoms with Crippen LogP contribution in [0.5, 0.6) is 0 Å². The third-order valence-electron chi connectivity index (χ3n) is 1.32. The van der Waals surface area contributed by atoms with E-state index in [1.54, 1.807) is 6.07 Å². The van der Waals surface area contributed by atoms with Gasteiger partial charge in [0.15, 0.2) is 0 Å². The summed E-state index contributed by atoms with van der Waals surface area (Å²) in [5, 5.41) is 0.343. The summed E-state index contributed by atoms with van der Waals surface area (Å²) in [6, 6.07) is 4.28. The smallest absolute Gasteiger partial charge is 0.142 e. The van der Waals surface area contributed by atoms with Crippen molar-refractivity contribution in [3.05, 3.63) is 40.7 Å². The molecule has 1 aromatic rings. The van der Waals surface area contributed by atoms with E-state index in [4.69, 9.17) is 11.6 Å². The number of halogens is 2. The van der Waals surface area contributed by atoms with Gasteiger partial charge in [0.1, 0.15) is 12.1 Å². The van der Waals surface area contributed by atoms with Crippen molar-refractivity contribution in [3.8, 4) is 0 Å². The molecule has 0 spiro atoms. The largest absolute Gasteiger partial charge is 0.299 e. The first-order chi connectivity index (χ1) is 5.74. The van der Waals surface area contributed by atoms with Gasteiger partial charge in [-0.05, 0) is 24.3 Å². The second-order valence-corrected chi connectivity index (χ2v) is 2.60. The summed E-state index contributed by atoms with van der Waals surface area (Å²) in [6.45, 7) is 0. The number of hydrogen-bond acceptors (Lipinski definition) is 1. The summed E-state index contributed by atoms with van der Waals surface area (Å²) in [7, 11) is 0. The molecule has 1 aromatic carbocycles. The minimum absolute atomic E-state index is 0.343. The average molecular weight is 185 g/mol. The van der Waals surface area contributed by atoms with E-state index in [-0.39, 0.29) is 0 Å². The standard InChI is InChI=1S/C9H6ClFO/c10-8-4-3-7(2-1-5-12)9(11)6-8/h1-6H/b2-1+. The van der Waals surface area contributed by atoms with Crippen LogP contribution < -0.4 is 0 Å². The Balaban J connectivity index is 3.01. The lowest BCUT2D eigenvalue weighted by molar-refractivity contribution is -0.104. The number of hydrogen-bond donors (Lipinski definition) is 0. The normalized spacial score (nSPS) is 10.5. The Morgan fingerprint density at radius 1 is 1.42 bits per heavy atom. The molecule has 0 unspecified atom stereocenters. The summed E-state index contributed by atoms with van der Waals surface area (Å²) in [5.74, 6) is -0.430. The van der Waals surface area contributed by atoms with Crippen molar-refractivity contribution in [2.75, 3.05) is 0 Å². The second kappa shape index (κ2) is 4.02. The highest BCUT2D eigenvalue weighted by Gasteiger charge is 1.97. The van der Waals surface area contributed by atoms with E-state index >= 15 is 0 Å². The number of allylic oxidation sites excluding steroid dienone is 1. The van der Waals surface area contributed by atoms with Crippen LogP contribution in [0.3, 0.4) is 0 Å². The Bertz CT molecular complexity index is 320. The highest BCUT2D eigenvalue weighted by molar-refractivity contribution is 6.30. The highest BCUT2D eigenvalue weighted by atomic mass is 35.5. The second-order valence-electron chi connectivity index (χ2n) is 2.16. The molecular formula is C9H6ClFO. The van der Waals surface area contributed by atoms with E-state index in [9.17, 15) is 9.18 Å². The SMILES string of the molecule is O=C/C=C/c1ccc(Cl)cc1F. The summed E-state index contributed by atoms with van der Waals surface area (Å²) >= 11 is 5.52. The Morgan fingerprint density at radius 3 is 2.75 bits per heavy atom. The van der Waals surface area contributed by atoms with Crippen molar-refractivity contribution < 1.29 is 9.18 Å². The summed E-state index contributed by atoms with van der Waals surface area (Å²) < 4.78 is 12.9. The fraction of sp³-hybridized carbons (Fsp3) is 0. The molecule has 3 heteroatoms. The topological polar surface area (TPSA) is 17.1 Å². The minimum atomic E-state index is -0.430. The maximum atomic E-state index is 12.9. The van der Waals surface area contributed by atoms with Crippen LogP contribution in [-0.4, -0.2) is 6.29 Å². The van der Waals surface area contributed by atoms with Gasteiger partial charge >= 0.3 is 0 Å². The monoisotopic (exact) mass is 184 g/mol. The molecule has 62 valence electrons. The van der Waals surface area contributed by atoms with Crippen molar-refractivity contribution in [1.29, 1.82) is 0 Å². The molecule has 0 saturated carbocycles. The molecule has 0 fully saturated rings. The molecular weight excluding hydrogens is 179 g/mol. The first kappa shape index (κ1) is 8.94. The van der Waals surface area contributed by atoms with E-state index in [0.29, 0.717) is 16.9 Å². The lowest BCUT2D eigenvalue weighted by atomic mass is 10.2. The Kier molecular flexibility index (Phi) is 3.00. The molecule has 1 rings (SSSR count). The quantitative estimate of drug-likeness (QED) is 0.510. The Hall–Kier alpha value is -1.15. The molecule has 0 aromatic heterocycles. The van der Waals surface area contributed by atoms with Gasteiger partial charge in [-0.3, -0.25) is 4.79 Å². The summed E-state index contributed by atoms with van der Waals surface area (Å²) in [5.41, 5.74) is 0.353. The maximum absolute atomic E-state index is 12.9. The minimum Gasteiger partial charge on any atom is -0.299 e. The predicted molar refractivity (Wildman–Crippen MR) is 46.5 cm³/mol. The molecule has 0 aliphatic carbocycles. The van der Waals surface area contributed by atoms with Crippen molar-refractivity contribution in [2.24, 2.45) is 0 Å². The molecule has 0 aliphatic heterocycles. The van der Waals surface area contributed by atoms with E-state index in [1.807, 2.05) is 0 Å². The van der Waals surface area contributed by atoms with Gasteiger partial charge in [0.25, 0.3) is 0 Å². The number of benzene rings is 1. The van der Waals surface area contributed by atoms with E-state index in [1.165, 1.54) is 24.3 Å². The van der Waals surface area contributed by atoms with Crippen LogP contribution in [0.25, 0.3) is 6.08 Å². The Labute approximate surface area is 74.5 Å². The molecule has 0 radical (unpaired) electrons. The van der Waals surface area contributed by atoms with Crippen molar-refractivity contribution in [3.63, 3.8) is 0 Å². The van der Waals surface area contributed by atoms with Crippen LogP contribution in [0.1, 0.15) is 5.56 Å². The van der Waals surface area contributed by atoms with Gasteiger partial charge in [-0.25, -0.2) is 4.39 Å². The van der Waals surface area contributed by atoms with Crippen molar-refractivity contribution in [1.82, 2.24) is 0 Å². The zero-order valence-corrected chi connectivity index (χ0v) is 6.88. The lowest BCUT2D eigenvalue weighted by Gasteiger charge is -1.95. The van der Waals surface area contributed by atoms with E-state index in [2.05, 4.69) is 0 Å². The number of aldehydes is 1. The molecule has 0 bridgehead atoms. The van der Waals surface area contributed by atoms with Gasteiger partial charge in [0.2, 0.25) is 0 Å². The third-order valence-corrected chi connectivity index (χ3v) is 1.55. The molecule has 12 heavy (non-hydrogen) atoms. The summed E-state index contributed by atoms with van der Waals surface area (Å²) in [4.78, 5) is 9.92. The van der Waals surface area contributed by atoms with Gasteiger partial charge in [0.05, 0.1) is 0 Å². The third kappa shape index (κ3) is 2.17. The number of rotatable bonds is 2. The number of carbonyl (C=O) groups excluding carboxylic acids is 1. The molecule has 0 N–H and O–H groups in total. The molecule has 1 nitrogen and oxygen atoms in total. The van der Waals surface area contributed by atoms with Crippen molar-refractivity contribution >= 4 is 24.0 Å². The average Bonchev–Trinajstić information content (AvgIpc) is 2.03. The molecule has 0 heterocycles. The molecule has 0 atom stereocenters. The maximum Gasteiger partial charge on any atom is 0.142 e. The van der Waals surface area contributed by atoms with Crippen LogP contribution in [0.2, 0.25) is 5.02 Å². The van der Waals surface area contributed by atoms with Crippen LogP contribution in [-0.2, 0) is 4.79 Å². The van der Waals surface area contributed by atoms with Gasteiger partial charge in [-0.15, -0.1) is 0 Å². The van der Waals surface area contributed by atoms with E-state index < -0.39 is 5.82 Å². The van der Waals surface area contributed by atoms with E-state index in [0.717, 1.165) is 0 Å². The van der Waals surface area contributed by atoms with Crippen molar-refractivity contribution in [2.45, 2.75) is 0 Å². The van der Waals surface area contributed by atoms with Crippen LogP contribution in [0, 0.1) is 5.82 Å². The predicted octanol–water partition coefficient (Wildman–Crippen LogP) is 2.69. The van der Waals surface area contributed by atoms with Gasteiger partial charge < -0.3 is 0 Å². The van der Waals surface area contributed by atoms with Crippen LogP contribution in [0.4, 0.5) is 4.39 Å². The fourth-order valence-electron chi connectivity index (χ4n) is 0.780. The molecule has 0 saturated heterocycles. The Morgan fingerprint density at radius 2 is 2.17 bits per heavy atom. The van der Waals surface area contributed by atoms with Crippen LogP contribution in [0.15, 0.2) is 24.3 Å². The summed E-state index contributed by atoms with van der Waals surface area (Å²) in [6.07, 6.45) is 3.21. The van der Waals surface area contributed by atoms with Crippen LogP contribution >= 0.6 is 11.6 Å².